The predicted octanol–water partition coefficient (Wildman–Crippen LogP) is 1.49. The second kappa shape index (κ2) is 5.11. The Kier molecular flexibility index (Phi) is 4.17. The first kappa shape index (κ1) is 14.7. The average Bonchev–Trinajstić information content (AvgIpc) is 2.25. The number of hydrogen-bond donors (Lipinski definition) is 2. The van der Waals surface area contributed by atoms with Crippen molar-refractivity contribution in [1.29, 1.82) is 0 Å². The van der Waals surface area contributed by atoms with Crippen LogP contribution in [0.2, 0.25) is 0 Å². The van der Waals surface area contributed by atoms with Gasteiger partial charge in [0.2, 0.25) is 0 Å². The van der Waals surface area contributed by atoms with Gasteiger partial charge in [-0.25, -0.2) is 12.8 Å². The first-order valence-corrected chi connectivity index (χ1v) is 6.23. The zero-order valence-corrected chi connectivity index (χ0v) is 9.78. The number of halogens is 4. The van der Waals surface area contributed by atoms with Gasteiger partial charge in [0, 0.05) is 13.1 Å². The van der Waals surface area contributed by atoms with Gasteiger partial charge in [-0.15, -0.1) is 0 Å². The van der Waals surface area contributed by atoms with Gasteiger partial charge in [-0.1, -0.05) is 0 Å². The SMILES string of the molecule is NCCNc1ccc(F)cc1S(=O)(=O)C(F)(F)F. The van der Waals surface area contributed by atoms with Crippen molar-refractivity contribution in [3.05, 3.63) is 24.0 Å². The van der Waals surface area contributed by atoms with Gasteiger partial charge in [0.15, 0.2) is 0 Å². The van der Waals surface area contributed by atoms with Crippen molar-refractivity contribution in [3.8, 4) is 0 Å². The van der Waals surface area contributed by atoms with Gasteiger partial charge >= 0.3 is 5.51 Å². The van der Waals surface area contributed by atoms with Gasteiger partial charge < -0.3 is 11.1 Å². The lowest BCUT2D eigenvalue weighted by Crippen LogP contribution is -2.25. The van der Waals surface area contributed by atoms with E-state index in [-0.39, 0.29) is 18.8 Å². The van der Waals surface area contributed by atoms with E-state index in [4.69, 9.17) is 5.73 Å². The van der Waals surface area contributed by atoms with Crippen molar-refractivity contribution in [1.82, 2.24) is 0 Å². The Morgan fingerprint density at radius 3 is 2.39 bits per heavy atom. The van der Waals surface area contributed by atoms with Crippen LogP contribution < -0.4 is 11.1 Å². The van der Waals surface area contributed by atoms with E-state index in [1.807, 2.05) is 0 Å². The first-order chi connectivity index (χ1) is 8.20. The molecule has 9 heteroatoms. The summed E-state index contributed by atoms with van der Waals surface area (Å²) in [5, 5.41) is 2.40. The van der Waals surface area contributed by atoms with Crippen LogP contribution in [0.15, 0.2) is 23.1 Å². The Hall–Kier alpha value is -1.35. The number of nitrogens with two attached hydrogens (primary N) is 1. The molecule has 0 spiro atoms. The fourth-order valence-electron chi connectivity index (χ4n) is 1.20. The third-order valence-electron chi connectivity index (χ3n) is 2.00. The van der Waals surface area contributed by atoms with E-state index in [1.165, 1.54) is 0 Å². The summed E-state index contributed by atoms with van der Waals surface area (Å²) in [6, 6.07) is 2.10. The molecule has 0 atom stereocenters. The number of sulfone groups is 1. The molecule has 18 heavy (non-hydrogen) atoms. The molecule has 0 aliphatic carbocycles. The standard InChI is InChI=1S/C9H10F4N2O2S/c10-6-1-2-7(15-4-3-14)8(5-6)18(16,17)9(11,12)13/h1-2,5,15H,3-4,14H2. The van der Waals surface area contributed by atoms with Crippen molar-refractivity contribution in [2.45, 2.75) is 10.4 Å². The minimum absolute atomic E-state index is 0.0615. The quantitative estimate of drug-likeness (QED) is 0.823. The Morgan fingerprint density at radius 2 is 1.89 bits per heavy atom. The summed E-state index contributed by atoms with van der Waals surface area (Å²) in [7, 11) is -5.60. The highest BCUT2D eigenvalue weighted by Gasteiger charge is 2.48. The highest BCUT2D eigenvalue weighted by molar-refractivity contribution is 7.92. The summed E-state index contributed by atoms with van der Waals surface area (Å²) in [4.78, 5) is -1.15. The molecule has 0 bridgehead atoms. The third kappa shape index (κ3) is 2.91. The molecule has 4 nitrogen and oxygen atoms in total. The van der Waals surface area contributed by atoms with Gasteiger partial charge in [-0.2, -0.15) is 13.2 Å². The number of nitrogens with one attached hydrogen (secondary N) is 1. The zero-order chi connectivity index (χ0) is 14.0. The molecule has 102 valence electrons. The summed E-state index contributed by atoms with van der Waals surface area (Å²) < 4.78 is 72.5. The normalized spacial score (nSPS) is 12.5. The maximum atomic E-state index is 12.9. The topological polar surface area (TPSA) is 72.2 Å². The first-order valence-electron chi connectivity index (χ1n) is 4.75. The molecule has 1 rings (SSSR count). The Bertz CT molecular complexity index is 528. The second-order valence-electron chi connectivity index (χ2n) is 3.31. The van der Waals surface area contributed by atoms with Crippen LogP contribution in [-0.2, 0) is 9.84 Å². The lowest BCUT2D eigenvalue weighted by Gasteiger charge is -2.13. The van der Waals surface area contributed by atoms with Crippen LogP contribution in [-0.4, -0.2) is 27.0 Å². The predicted molar refractivity (Wildman–Crippen MR) is 57.2 cm³/mol. The van der Waals surface area contributed by atoms with Gasteiger partial charge in [-0.3, -0.25) is 0 Å². The van der Waals surface area contributed by atoms with Crippen LogP contribution in [0.4, 0.5) is 23.2 Å². The molecule has 0 fully saturated rings. The smallest absolute Gasteiger partial charge is 0.383 e. The lowest BCUT2D eigenvalue weighted by atomic mass is 10.3. The molecule has 0 saturated heterocycles. The molecule has 0 aliphatic heterocycles. The molecule has 0 unspecified atom stereocenters. The summed E-state index contributed by atoms with van der Waals surface area (Å²) in [6.45, 7) is 0.148. The molecule has 0 heterocycles. The van der Waals surface area contributed by atoms with E-state index >= 15 is 0 Å². The van der Waals surface area contributed by atoms with E-state index < -0.39 is 26.1 Å². The van der Waals surface area contributed by atoms with Crippen molar-refractivity contribution >= 4 is 15.5 Å². The molecular formula is C9H10F4N2O2S. The third-order valence-corrected chi connectivity index (χ3v) is 3.52. The van der Waals surface area contributed by atoms with Crippen LogP contribution in [0.5, 0.6) is 0 Å². The van der Waals surface area contributed by atoms with E-state index in [2.05, 4.69) is 5.32 Å². The molecule has 3 N–H and O–H groups in total. The average molecular weight is 286 g/mol. The summed E-state index contributed by atoms with van der Waals surface area (Å²) in [5.74, 6) is -1.07. The maximum Gasteiger partial charge on any atom is 0.501 e. The largest absolute Gasteiger partial charge is 0.501 e. The minimum Gasteiger partial charge on any atom is -0.383 e. The van der Waals surface area contributed by atoms with Gasteiger partial charge in [-0.05, 0) is 18.2 Å². The highest BCUT2D eigenvalue weighted by atomic mass is 32.2. The highest BCUT2D eigenvalue weighted by Crippen LogP contribution is 2.34. The fourth-order valence-corrected chi connectivity index (χ4v) is 2.14. The summed E-state index contributed by atoms with van der Waals surface area (Å²) in [6.07, 6.45) is 0. The molecule has 0 radical (unpaired) electrons. The Labute approximate surface area is 101 Å². The summed E-state index contributed by atoms with van der Waals surface area (Å²) in [5.41, 5.74) is -0.677. The van der Waals surface area contributed by atoms with E-state index in [1.54, 1.807) is 0 Å². The second-order valence-corrected chi connectivity index (χ2v) is 5.21. The van der Waals surface area contributed by atoms with E-state index in [0.29, 0.717) is 6.07 Å². The molecule has 1 aromatic carbocycles. The summed E-state index contributed by atoms with van der Waals surface area (Å²) >= 11 is 0. The molecular weight excluding hydrogens is 276 g/mol. The Balaban J connectivity index is 3.34. The van der Waals surface area contributed by atoms with E-state index in [0.717, 1.165) is 12.1 Å². The van der Waals surface area contributed by atoms with Gasteiger partial charge in [0.1, 0.15) is 10.7 Å². The van der Waals surface area contributed by atoms with Crippen LogP contribution in [0.3, 0.4) is 0 Å². The van der Waals surface area contributed by atoms with Crippen LogP contribution in [0.25, 0.3) is 0 Å². The van der Waals surface area contributed by atoms with Crippen molar-refractivity contribution in [2.24, 2.45) is 5.73 Å². The van der Waals surface area contributed by atoms with Gasteiger partial charge in [0.25, 0.3) is 9.84 Å². The fraction of sp³-hybridized carbons (Fsp3) is 0.333. The molecule has 1 aromatic rings. The van der Waals surface area contributed by atoms with Crippen LogP contribution in [0.1, 0.15) is 0 Å². The maximum absolute atomic E-state index is 12.9. The molecule has 0 aromatic heterocycles. The molecule has 0 aliphatic rings. The Morgan fingerprint density at radius 1 is 1.28 bits per heavy atom. The van der Waals surface area contributed by atoms with Crippen molar-refractivity contribution in [3.63, 3.8) is 0 Å². The molecule has 0 amide bonds. The van der Waals surface area contributed by atoms with Crippen LogP contribution in [0, 0.1) is 5.82 Å². The van der Waals surface area contributed by atoms with Crippen LogP contribution >= 0.6 is 0 Å². The number of alkyl halides is 3. The zero-order valence-electron chi connectivity index (χ0n) is 8.96. The number of hydrogen-bond acceptors (Lipinski definition) is 4. The van der Waals surface area contributed by atoms with Gasteiger partial charge in [0.05, 0.1) is 5.69 Å². The minimum atomic E-state index is -5.60. The van der Waals surface area contributed by atoms with E-state index in [9.17, 15) is 26.0 Å². The number of anilines is 1. The molecule has 0 saturated carbocycles. The lowest BCUT2D eigenvalue weighted by molar-refractivity contribution is -0.0435. The number of rotatable bonds is 4. The van der Waals surface area contributed by atoms with Crippen molar-refractivity contribution < 1.29 is 26.0 Å². The number of benzene rings is 1. The monoisotopic (exact) mass is 286 g/mol. The van der Waals surface area contributed by atoms with Crippen molar-refractivity contribution in [2.75, 3.05) is 18.4 Å².